The highest BCUT2D eigenvalue weighted by Gasteiger charge is 2.19. The molecule has 0 aliphatic heterocycles. The van der Waals surface area contributed by atoms with Gasteiger partial charge < -0.3 is 9.47 Å². The number of anilines is 1. The number of nitrogens with zero attached hydrogens (tertiary/aromatic N) is 3. The number of hydrazone groups is 1. The Morgan fingerprint density at radius 3 is 2.38 bits per heavy atom. The van der Waals surface area contributed by atoms with Crippen LogP contribution in [0, 0.1) is 30.9 Å². The van der Waals surface area contributed by atoms with E-state index in [1.54, 1.807) is 6.92 Å². The maximum atomic E-state index is 11.4. The normalized spacial score (nSPS) is 11.0. The van der Waals surface area contributed by atoms with Crippen molar-refractivity contribution in [2.45, 2.75) is 34.6 Å². The highest BCUT2D eigenvalue weighted by atomic mass is 32.1. The van der Waals surface area contributed by atoms with Gasteiger partial charge in [0.25, 0.3) is 0 Å². The molecule has 1 N–H and O–H groups in total. The zero-order valence-electron chi connectivity index (χ0n) is 18.8. The molecule has 8 nitrogen and oxygen atoms in total. The fraction of sp³-hybridized carbons (Fsp3) is 0.304. The summed E-state index contributed by atoms with van der Waals surface area (Å²) in [4.78, 5) is 15.6. The van der Waals surface area contributed by atoms with Crippen molar-refractivity contribution in [2.75, 3.05) is 18.6 Å². The maximum absolute atomic E-state index is 11.4. The summed E-state index contributed by atoms with van der Waals surface area (Å²) in [7, 11) is 0. The molecular weight excluding hydrogens is 428 g/mol. The van der Waals surface area contributed by atoms with Crippen LogP contribution in [0.3, 0.4) is 0 Å². The Balaban J connectivity index is 1.85. The molecule has 0 aliphatic carbocycles. The predicted octanol–water partition coefficient (Wildman–Crippen LogP) is 5.89. The number of thiazole rings is 1. The van der Waals surface area contributed by atoms with Crippen molar-refractivity contribution in [3.63, 3.8) is 0 Å². The highest BCUT2D eigenvalue weighted by molar-refractivity contribution is 7.14. The van der Waals surface area contributed by atoms with E-state index in [1.165, 1.54) is 46.4 Å². The van der Waals surface area contributed by atoms with Gasteiger partial charge in [-0.05, 0) is 45.7 Å². The molecule has 0 radical (unpaired) electrons. The summed E-state index contributed by atoms with van der Waals surface area (Å²) in [6, 6.07) is 7.20. The number of aryl methyl sites for hydroxylation is 3. The average molecular weight is 455 g/mol. The highest BCUT2D eigenvalue weighted by Crippen LogP contribution is 2.34. The molecule has 32 heavy (non-hydrogen) atoms. The topological polar surface area (TPSA) is 98.9 Å². The monoisotopic (exact) mass is 454 g/mol. The number of rotatable bonds is 9. The third-order valence-corrected chi connectivity index (χ3v) is 5.44. The second-order valence-corrected chi connectivity index (χ2v) is 8.02. The Labute approximate surface area is 191 Å². The standard InChI is InChI=1S/C23H26N4O4S/c1-6-30-20-11-21(31-7-2)19(27(28)29)10-17(20)12-24-26-23-25-18(13-32-23)22-15(4)8-14(3)9-16(22)5/h8-13H,6-7H2,1-5H3,(H,25,26)/b24-12-. The van der Waals surface area contributed by atoms with Crippen molar-refractivity contribution in [3.05, 3.63) is 62.0 Å². The van der Waals surface area contributed by atoms with Crippen molar-refractivity contribution in [3.8, 4) is 22.8 Å². The summed E-state index contributed by atoms with van der Waals surface area (Å²) in [6.45, 7) is 10.6. The first-order valence-electron chi connectivity index (χ1n) is 10.2. The minimum atomic E-state index is -0.481. The number of nitro groups is 1. The molecule has 0 amide bonds. The summed E-state index contributed by atoms with van der Waals surface area (Å²) >= 11 is 1.44. The SMILES string of the molecule is CCOc1cc(OCC)c([N+](=O)[O-])cc1/C=N\Nc1nc(-c2c(C)cc(C)cc2C)cs1. The lowest BCUT2D eigenvalue weighted by molar-refractivity contribution is -0.385. The first kappa shape index (κ1) is 23.2. The van der Waals surface area contributed by atoms with E-state index in [-0.39, 0.29) is 11.4 Å². The van der Waals surface area contributed by atoms with Crippen LogP contribution < -0.4 is 14.9 Å². The second-order valence-electron chi connectivity index (χ2n) is 7.16. The van der Waals surface area contributed by atoms with Crippen molar-refractivity contribution in [1.29, 1.82) is 0 Å². The number of hydrogen-bond acceptors (Lipinski definition) is 8. The van der Waals surface area contributed by atoms with Gasteiger partial charge in [0.1, 0.15) is 5.75 Å². The number of benzene rings is 2. The molecule has 168 valence electrons. The molecular formula is C23H26N4O4S. The Kier molecular flexibility index (Phi) is 7.42. The molecule has 0 atom stereocenters. The lowest BCUT2D eigenvalue weighted by Gasteiger charge is -2.10. The minimum Gasteiger partial charge on any atom is -0.493 e. The van der Waals surface area contributed by atoms with E-state index in [2.05, 4.69) is 48.4 Å². The lowest BCUT2D eigenvalue weighted by Crippen LogP contribution is -2.03. The second kappa shape index (κ2) is 10.2. The van der Waals surface area contributed by atoms with Crippen LogP contribution in [-0.2, 0) is 0 Å². The van der Waals surface area contributed by atoms with E-state index in [9.17, 15) is 10.1 Å². The predicted molar refractivity (Wildman–Crippen MR) is 128 cm³/mol. The number of hydrogen-bond donors (Lipinski definition) is 1. The molecule has 0 aliphatic rings. The average Bonchev–Trinajstić information content (AvgIpc) is 3.17. The van der Waals surface area contributed by atoms with Gasteiger partial charge in [-0.25, -0.2) is 4.98 Å². The molecule has 0 unspecified atom stereocenters. The van der Waals surface area contributed by atoms with Crippen LogP contribution in [0.4, 0.5) is 10.8 Å². The van der Waals surface area contributed by atoms with Gasteiger partial charge in [0.15, 0.2) is 0 Å². The first-order valence-corrected chi connectivity index (χ1v) is 11.1. The number of nitrogens with one attached hydrogen (secondary N) is 1. The van der Waals surface area contributed by atoms with E-state index in [0.29, 0.717) is 29.7 Å². The number of nitro benzene ring substituents is 1. The summed E-state index contributed by atoms with van der Waals surface area (Å²) < 4.78 is 11.0. The molecule has 0 bridgehead atoms. The minimum absolute atomic E-state index is 0.140. The quantitative estimate of drug-likeness (QED) is 0.246. The van der Waals surface area contributed by atoms with Crippen molar-refractivity contribution in [1.82, 2.24) is 4.98 Å². The third kappa shape index (κ3) is 5.23. The fourth-order valence-corrected chi connectivity index (χ4v) is 4.19. The van der Waals surface area contributed by atoms with Gasteiger partial charge in [-0.2, -0.15) is 5.10 Å². The van der Waals surface area contributed by atoms with Crippen LogP contribution in [-0.4, -0.2) is 29.3 Å². The van der Waals surface area contributed by atoms with Crippen LogP contribution in [0.1, 0.15) is 36.1 Å². The zero-order valence-corrected chi connectivity index (χ0v) is 19.6. The Bertz CT molecular complexity index is 1130. The van der Waals surface area contributed by atoms with Crippen molar-refractivity contribution in [2.24, 2.45) is 5.10 Å². The van der Waals surface area contributed by atoms with Gasteiger partial charge in [-0.3, -0.25) is 15.5 Å². The van der Waals surface area contributed by atoms with Gasteiger partial charge in [-0.15, -0.1) is 11.3 Å². The van der Waals surface area contributed by atoms with Crippen molar-refractivity contribution >= 4 is 28.4 Å². The van der Waals surface area contributed by atoms with Crippen LogP contribution in [0.2, 0.25) is 0 Å². The molecule has 0 spiro atoms. The van der Waals surface area contributed by atoms with Crippen LogP contribution >= 0.6 is 11.3 Å². The molecule has 3 rings (SSSR count). The Morgan fingerprint density at radius 2 is 1.75 bits per heavy atom. The lowest BCUT2D eigenvalue weighted by atomic mass is 9.98. The molecule has 0 fully saturated rings. The molecule has 2 aromatic carbocycles. The fourth-order valence-electron chi connectivity index (χ4n) is 3.54. The van der Waals surface area contributed by atoms with E-state index in [4.69, 9.17) is 9.47 Å². The van der Waals surface area contributed by atoms with Crippen LogP contribution in [0.15, 0.2) is 34.7 Å². The van der Waals surface area contributed by atoms with Gasteiger partial charge in [0, 0.05) is 28.6 Å². The summed E-state index contributed by atoms with van der Waals surface area (Å²) in [5, 5.41) is 18.3. The van der Waals surface area contributed by atoms with E-state index < -0.39 is 4.92 Å². The number of aromatic nitrogens is 1. The smallest absolute Gasteiger partial charge is 0.311 e. The molecule has 0 saturated carbocycles. The van der Waals surface area contributed by atoms with E-state index in [0.717, 1.165) is 11.3 Å². The van der Waals surface area contributed by atoms with Gasteiger partial charge in [0.2, 0.25) is 10.9 Å². The molecule has 1 heterocycles. The van der Waals surface area contributed by atoms with Gasteiger partial charge in [-0.1, -0.05) is 17.7 Å². The maximum Gasteiger partial charge on any atom is 0.311 e. The molecule has 0 saturated heterocycles. The van der Waals surface area contributed by atoms with Gasteiger partial charge >= 0.3 is 5.69 Å². The van der Waals surface area contributed by atoms with E-state index >= 15 is 0 Å². The summed E-state index contributed by atoms with van der Waals surface area (Å²) in [5.74, 6) is 0.622. The Morgan fingerprint density at radius 1 is 1.09 bits per heavy atom. The summed E-state index contributed by atoms with van der Waals surface area (Å²) in [6.07, 6.45) is 1.48. The third-order valence-electron chi connectivity index (χ3n) is 4.69. The van der Waals surface area contributed by atoms with E-state index in [1.807, 2.05) is 12.3 Å². The van der Waals surface area contributed by atoms with Crippen molar-refractivity contribution < 1.29 is 14.4 Å². The van der Waals surface area contributed by atoms with Crippen LogP contribution in [0.5, 0.6) is 11.5 Å². The van der Waals surface area contributed by atoms with Crippen LogP contribution in [0.25, 0.3) is 11.3 Å². The first-order chi connectivity index (χ1) is 15.3. The molecule has 3 aromatic rings. The number of ether oxygens (including phenoxy) is 2. The van der Waals surface area contributed by atoms with Gasteiger partial charge in [0.05, 0.1) is 30.0 Å². The molecule has 9 heteroatoms. The summed E-state index contributed by atoms with van der Waals surface area (Å²) in [5.41, 5.74) is 8.80. The largest absolute Gasteiger partial charge is 0.493 e. The zero-order chi connectivity index (χ0) is 23.3. The molecule has 1 aromatic heterocycles. The Hall–Kier alpha value is -3.46.